The van der Waals surface area contributed by atoms with Crippen molar-refractivity contribution in [2.75, 3.05) is 20.2 Å². The molecule has 22 heavy (non-hydrogen) atoms. The van der Waals surface area contributed by atoms with Crippen LogP contribution in [0.2, 0.25) is 0 Å². The van der Waals surface area contributed by atoms with Gasteiger partial charge in [-0.3, -0.25) is 0 Å². The number of methoxy groups -OCH3 is 1. The lowest BCUT2D eigenvalue weighted by molar-refractivity contribution is 0.0563. The standard InChI is InChI=1S/C14H22N2O5S/c1-5-11-13(8-12(21-11)14(17)20-4)22(18,19)16-7-6-15-9(2)10(16)3/h8-10,15H,5-7H2,1-4H3. The molecule has 0 aromatic carbocycles. The molecule has 1 aromatic heterocycles. The molecule has 0 bridgehead atoms. The molecule has 0 aliphatic carbocycles. The number of carbonyl (C=O) groups excluding carboxylic acids is 1. The van der Waals surface area contributed by atoms with Crippen molar-refractivity contribution in [2.24, 2.45) is 0 Å². The fraction of sp³-hybridized carbons (Fsp3) is 0.643. The summed E-state index contributed by atoms with van der Waals surface area (Å²) in [6.45, 7) is 6.57. The van der Waals surface area contributed by atoms with Crippen LogP contribution in [0, 0.1) is 0 Å². The second kappa shape index (κ2) is 6.39. The first-order valence-electron chi connectivity index (χ1n) is 7.29. The largest absolute Gasteiger partial charge is 0.463 e. The van der Waals surface area contributed by atoms with Gasteiger partial charge in [0.15, 0.2) is 0 Å². The van der Waals surface area contributed by atoms with Crippen molar-refractivity contribution >= 4 is 16.0 Å². The summed E-state index contributed by atoms with van der Waals surface area (Å²) in [5.41, 5.74) is 0. The lowest BCUT2D eigenvalue weighted by Crippen LogP contribution is -2.57. The van der Waals surface area contributed by atoms with Gasteiger partial charge in [-0.2, -0.15) is 4.31 Å². The minimum atomic E-state index is -3.72. The maximum absolute atomic E-state index is 12.9. The van der Waals surface area contributed by atoms with Crippen LogP contribution in [0.5, 0.6) is 0 Å². The van der Waals surface area contributed by atoms with Crippen molar-refractivity contribution in [2.45, 2.75) is 44.2 Å². The van der Waals surface area contributed by atoms with Gasteiger partial charge in [-0.15, -0.1) is 0 Å². The molecule has 1 aromatic rings. The Hall–Kier alpha value is -1.38. The second-order valence-electron chi connectivity index (χ2n) is 5.34. The third-order valence-electron chi connectivity index (χ3n) is 4.04. The molecule has 0 amide bonds. The number of nitrogens with one attached hydrogen (secondary N) is 1. The quantitative estimate of drug-likeness (QED) is 0.829. The van der Waals surface area contributed by atoms with Gasteiger partial charge in [-0.05, 0) is 13.8 Å². The van der Waals surface area contributed by atoms with Crippen LogP contribution in [0.25, 0.3) is 0 Å². The molecule has 7 nitrogen and oxygen atoms in total. The van der Waals surface area contributed by atoms with Crippen molar-refractivity contribution in [3.05, 3.63) is 17.6 Å². The second-order valence-corrected chi connectivity index (χ2v) is 7.20. The molecular formula is C14H22N2O5S. The van der Waals surface area contributed by atoms with Crippen molar-refractivity contribution in [1.29, 1.82) is 0 Å². The summed E-state index contributed by atoms with van der Waals surface area (Å²) in [5.74, 6) is -0.495. The lowest BCUT2D eigenvalue weighted by atomic mass is 10.1. The number of hydrogen-bond donors (Lipinski definition) is 1. The highest BCUT2D eigenvalue weighted by Crippen LogP contribution is 2.28. The first-order valence-corrected chi connectivity index (χ1v) is 8.73. The van der Waals surface area contributed by atoms with Gasteiger partial charge in [0.2, 0.25) is 15.8 Å². The monoisotopic (exact) mass is 330 g/mol. The Bertz CT molecular complexity index is 652. The third-order valence-corrected chi connectivity index (χ3v) is 6.07. The third kappa shape index (κ3) is 2.90. The summed E-state index contributed by atoms with van der Waals surface area (Å²) in [6, 6.07) is 1.14. The normalized spacial score (nSPS) is 23.5. The van der Waals surface area contributed by atoms with Crippen LogP contribution in [0.4, 0.5) is 0 Å². The molecule has 1 aliphatic heterocycles. The van der Waals surface area contributed by atoms with Crippen LogP contribution < -0.4 is 5.32 Å². The van der Waals surface area contributed by atoms with Gasteiger partial charge < -0.3 is 14.5 Å². The first kappa shape index (κ1) is 17.0. The zero-order valence-corrected chi connectivity index (χ0v) is 14.1. The number of furan rings is 1. The van der Waals surface area contributed by atoms with E-state index < -0.39 is 16.0 Å². The number of aryl methyl sites for hydroxylation is 1. The van der Waals surface area contributed by atoms with Gasteiger partial charge in [0.25, 0.3) is 0 Å². The van der Waals surface area contributed by atoms with Crippen LogP contribution in [0.15, 0.2) is 15.4 Å². The first-order chi connectivity index (χ1) is 10.3. The average molecular weight is 330 g/mol. The summed E-state index contributed by atoms with van der Waals surface area (Å²) in [5, 5.41) is 3.24. The molecule has 1 N–H and O–H groups in total. The summed E-state index contributed by atoms with van der Waals surface area (Å²) < 4.78 is 37.3. The van der Waals surface area contributed by atoms with Crippen LogP contribution in [0.3, 0.4) is 0 Å². The molecule has 124 valence electrons. The smallest absolute Gasteiger partial charge is 0.373 e. The highest BCUT2D eigenvalue weighted by atomic mass is 32.2. The molecule has 1 fully saturated rings. The van der Waals surface area contributed by atoms with Crippen molar-refractivity contribution in [3.8, 4) is 0 Å². The molecule has 1 saturated heterocycles. The van der Waals surface area contributed by atoms with E-state index in [1.54, 1.807) is 6.92 Å². The highest BCUT2D eigenvalue weighted by molar-refractivity contribution is 7.89. The topological polar surface area (TPSA) is 88.8 Å². The van der Waals surface area contributed by atoms with Crippen LogP contribution >= 0.6 is 0 Å². The number of piperazine rings is 1. The zero-order valence-electron chi connectivity index (χ0n) is 13.3. The number of ether oxygens (including phenoxy) is 1. The van der Waals surface area contributed by atoms with E-state index in [9.17, 15) is 13.2 Å². The van der Waals surface area contributed by atoms with E-state index in [1.807, 2.05) is 13.8 Å². The van der Waals surface area contributed by atoms with E-state index in [-0.39, 0.29) is 28.5 Å². The van der Waals surface area contributed by atoms with Crippen LogP contribution in [-0.4, -0.2) is 51.0 Å². The molecule has 2 atom stereocenters. The van der Waals surface area contributed by atoms with E-state index in [2.05, 4.69) is 10.1 Å². The molecule has 0 saturated carbocycles. The number of carbonyl (C=O) groups is 1. The number of esters is 1. The molecule has 2 heterocycles. The number of hydrogen-bond acceptors (Lipinski definition) is 6. The molecule has 0 spiro atoms. The summed E-state index contributed by atoms with van der Waals surface area (Å²) in [6.07, 6.45) is 0.377. The van der Waals surface area contributed by atoms with Crippen LogP contribution in [0.1, 0.15) is 37.1 Å². The molecule has 2 unspecified atom stereocenters. The average Bonchev–Trinajstić information content (AvgIpc) is 2.94. The van der Waals surface area contributed by atoms with Crippen molar-refractivity contribution in [3.63, 3.8) is 0 Å². The maximum atomic E-state index is 12.9. The van der Waals surface area contributed by atoms with E-state index in [1.165, 1.54) is 17.5 Å². The summed E-state index contributed by atoms with van der Waals surface area (Å²) in [7, 11) is -2.49. The van der Waals surface area contributed by atoms with Gasteiger partial charge in [-0.1, -0.05) is 6.92 Å². The minimum absolute atomic E-state index is 0.0522. The Kier molecular flexibility index (Phi) is 4.93. The Morgan fingerprint density at radius 2 is 2.18 bits per heavy atom. The van der Waals surface area contributed by atoms with Gasteiger partial charge in [-0.25, -0.2) is 13.2 Å². The summed E-state index contributed by atoms with van der Waals surface area (Å²) in [4.78, 5) is 11.6. The predicted molar refractivity (Wildman–Crippen MR) is 80.2 cm³/mol. The van der Waals surface area contributed by atoms with Crippen LogP contribution in [-0.2, 0) is 21.2 Å². The molecular weight excluding hydrogens is 308 g/mol. The minimum Gasteiger partial charge on any atom is -0.463 e. The number of sulfonamides is 1. The number of nitrogens with zero attached hydrogens (tertiary/aromatic N) is 1. The van der Waals surface area contributed by atoms with Gasteiger partial charge in [0.05, 0.1) is 7.11 Å². The van der Waals surface area contributed by atoms with E-state index in [0.29, 0.717) is 19.5 Å². The highest BCUT2D eigenvalue weighted by Gasteiger charge is 2.37. The van der Waals surface area contributed by atoms with E-state index in [0.717, 1.165) is 0 Å². The SMILES string of the molecule is CCc1oc(C(=O)OC)cc1S(=O)(=O)N1CCNC(C)C1C. The van der Waals surface area contributed by atoms with Gasteiger partial charge >= 0.3 is 5.97 Å². The lowest BCUT2D eigenvalue weighted by Gasteiger charge is -2.37. The van der Waals surface area contributed by atoms with E-state index >= 15 is 0 Å². The molecule has 2 rings (SSSR count). The number of rotatable bonds is 4. The van der Waals surface area contributed by atoms with Gasteiger partial charge in [0.1, 0.15) is 10.7 Å². The fourth-order valence-electron chi connectivity index (χ4n) is 2.57. The van der Waals surface area contributed by atoms with E-state index in [4.69, 9.17) is 4.42 Å². The molecule has 1 aliphatic rings. The Labute approximate surface area is 130 Å². The molecule has 0 radical (unpaired) electrons. The van der Waals surface area contributed by atoms with Crippen molar-refractivity contribution in [1.82, 2.24) is 9.62 Å². The van der Waals surface area contributed by atoms with Crippen molar-refractivity contribution < 1.29 is 22.4 Å². The Morgan fingerprint density at radius 1 is 1.50 bits per heavy atom. The maximum Gasteiger partial charge on any atom is 0.373 e. The predicted octanol–water partition coefficient (Wildman–Crippen LogP) is 1.000. The summed E-state index contributed by atoms with van der Waals surface area (Å²) >= 11 is 0. The Morgan fingerprint density at radius 3 is 2.77 bits per heavy atom. The zero-order chi connectivity index (χ0) is 16.5. The molecule has 8 heteroatoms. The Balaban J connectivity index is 2.44. The fourth-order valence-corrected chi connectivity index (χ4v) is 4.50. The van der Waals surface area contributed by atoms with Gasteiger partial charge in [0, 0.05) is 37.7 Å².